The predicted molar refractivity (Wildman–Crippen MR) is 62.9 cm³/mol. The first kappa shape index (κ1) is 10.7. The molecule has 2 rings (SSSR count). The minimum atomic E-state index is -0.0582. The van der Waals surface area contributed by atoms with Gasteiger partial charge in [-0.2, -0.15) is 0 Å². The highest BCUT2D eigenvalue weighted by Crippen LogP contribution is 2.31. The van der Waals surface area contributed by atoms with Crippen LogP contribution in [0.1, 0.15) is 22.8 Å². The van der Waals surface area contributed by atoms with Crippen LogP contribution < -0.4 is 4.74 Å². The molecule has 15 heavy (non-hydrogen) atoms. The van der Waals surface area contributed by atoms with Crippen molar-refractivity contribution in [2.75, 3.05) is 7.11 Å². The molecule has 0 aliphatic heterocycles. The summed E-state index contributed by atoms with van der Waals surface area (Å²) in [6, 6.07) is 5.73. The number of ether oxygens (including phenoxy) is 1. The summed E-state index contributed by atoms with van der Waals surface area (Å²) in [4.78, 5) is 11.9. The van der Waals surface area contributed by atoms with E-state index in [2.05, 4.69) is 22.9 Å². The van der Waals surface area contributed by atoms with Crippen molar-refractivity contribution < 1.29 is 9.53 Å². The highest BCUT2D eigenvalue weighted by molar-refractivity contribution is 9.10. The molecule has 1 aliphatic carbocycles. The number of Topliss-reactive ketones (excluding diaryl/α,β-unsaturated/α-hetero) is 1. The van der Waals surface area contributed by atoms with E-state index < -0.39 is 0 Å². The summed E-state index contributed by atoms with van der Waals surface area (Å²) in [6.45, 7) is 2.09. The largest absolute Gasteiger partial charge is 0.497 e. The molecular weight excluding hydrogens is 256 g/mol. The molecule has 0 aromatic heterocycles. The Labute approximate surface area is 97.8 Å². The zero-order chi connectivity index (χ0) is 11.0. The van der Waals surface area contributed by atoms with Gasteiger partial charge in [0.25, 0.3) is 0 Å². The minimum absolute atomic E-state index is 0.0582. The van der Waals surface area contributed by atoms with Crippen molar-refractivity contribution in [3.63, 3.8) is 0 Å². The van der Waals surface area contributed by atoms with Crippen LogP contribution in [-0.4, -0.2) is 17.7 Å². The number of carbonyl (C=O) groups is 1. The van der Waals surface area contributed by atoms with Crippen LogP contribution in [0.25, 0.3) is 0 Å². The standard InChI is InChI=1S/C12H13BrO2/c1-7-5-8-3-4-9(15-2)6-10(8)12(14)11(7)13/h3-4,6-7,11H,5H2,1-2H3. The average molecular weight is 269 g/mol. The number of methoxy groups -OCH3 is 1. The molecule has 1 aliphatic rings. The second-order valence-corrected chi connectivity index (χ2v) is 4.96. The molecule has 2 unspecified atom stereocenters. The van der Waals surface area contributed by atoms with Gasteiger partial charge in [0.05, 0.1) is 11.9 Å². The summed E-state index contributed by atoms with van der Waals surface area (Å²) >= 11 is 3.45. The third-order valence-electron chi connectivity index (χ3n) is 2.87. The molecule has 3 heteroatoms. The van der Waals surface area contributed by atoms with Crippen LogP contribution in [0, 0.1) is 5.92 Å². The molecule has 0 spiro atoms. The molecule has 0 radical (unpaired) electrons. The van der Waals surface area contributed by atoms with E-state index >= 15 is 0 Å². The molecule has 1 aromatic carbocycles. The minimum Gasteiger partial charge on any atom is -0.497 e. The van der Waals surface area contributed by atoms with E-state index in [1.165, 1.54) is 0 Å². The number of rotatable bonds is 1. The van der Waals surface area contributed by atoms with Crippen molar-refractivity contribution in [2.45, 2.75) is 18.2 Å². The maximum absolute atomic E-state index is 12.0. The lowest BCUT2D eigenvalue weighted by Gasteiger charge is -2.25. The van der Waals surface area contributed by atoms with Crippen LogP contribution in [0.15, 0.2) is 18.2 Å². The topological polar surface area (TPSA) is 26.3 Å². The number of benzene rings is 1. The highest BCUT2D eigenvalue weighted by Gasteiger charge is 2.31. The fourth-order valence-corrected chi connectivity index (χ4v) is 2.38. The number of alkyl halides is 1. The van der Waals surface area contributed by atoms with Crippen molar-refractivity contribution in [1.29, 1.82) is 0 Å². The van der Waals surface area contributed by atoms with Gasteiger partial charge < -0.3 is 4.74 Å². The van der Waals surface area contributed by atoms with Gasteiger partial charge in [-0.15, -0.1) is 0 Å². The van der Waals surface area contributed by atoms with Gasteiger partial charge in [-0.05, 0) is 30.0 Å². The maximum atomic E-state index is 12.0. The van der Waals surface area contributed by atoms with Crippen LogP contribution in [0.2, 0.25) is 0 Å². The molecule has 0 amide bonds. The molecule has 0 heterocycles. The van der Waals surface area contributed by atoms with Crippen LogP contribution in [-0.2, 0) is 6.42 Å². The zero-order valence-corrected chi connectivity index (χ0v) is 10.4. The summed E-state index contributed by atoms with van der Waals surface area (Å²) < 4.78 is 5.12. The molecule has 2 nitrogen and oxygen atoms in total. The van der Waals surface area contributed by atoms with Crippen LogP contribution in [0.3, 0.4) is 0 Å². The molecule has 0 fully saturated rings. The van der Waals surface area contributed by atoms with Gasteiger partial charge in [0.1, 0.15) is 5.75 Å². The number of hydrogen-bond acceptors (Lipinski definition) is 2. The molecule has 0 N–H and O–H groups in total. The number of halogens is 1. The highest BCUT2D eigenvalue weighted by atomic mass is 79.9. The van der Waals surface area contributed by atoms with E-state index in [4.69, 9.17) is 4.74 Å². The summed E-state index contributed by atoms with van der Waals surface area (Å²) in [5, 5.41) is 0. The molecular formula is C12H13BrO2. The first-order chi connectivity index (χ1) is 7.13. The Morgan fingerprint density at radius 2 is 2.20 bits per heavy atom. The number of carbonyl (C=O) groups excluding carboxylic acids is 1. The first-order valence-electron chi connectivity index (χ1n) is 4.98. The van der Waals surface area contributed by atoms with E-state index in [-0.39, 0.29) is 10.6 Å². The molecule has 0 bridgehead atoms. The second kappa shape index (κ2) is 3.97. The fraction of sp³-hybridized carbons (Fsp3) is 0.417. The number of hydrogen-bond donors (Lipinski definition) is 0. The lowest BCUT2D eigenvalue weighted by molar-refractivity contribution is 0.0964. The van der Waals surface area contributed by atoms with Crippen LogP contribution in [0.5, 0.6) is 5.75 Å². The van der Waals surface area contributed by atoms with Crippen molar-refractivity contribution >= 4 is 21.7 Å². The Morgan fingerprint density at radius 3 is 2.87 bits per heavy atom. The van der Waals surface area contributed by atoms with Gasteiger partial charge in [0.2, 0.25) is 0 Å². The van der Waals surface area contributed by atoms with Gasteiger partial charge >= 0.3 is 0 Å². The monoisotopic (exact) mass is 268 g/mol. The first-order valence-corrected chi connectivity index (χ1v) is 5.90. The van der Waals surface area contributed by atoms with E-state index in [1.807, 2.05) is 18.2 Å². The van der Waals surface area contributed by atoms with E-state index in [0.717, 1.165) is 23.3 Å². The SMILES string of the molecule is COc1ccc2c(c1)C(=O)C(Br)C(C)C2. The Balaban J connectivity index is 2.47. The van der Waals surface area contributed by atoms with Gasteiger partial charge in [-0.1, -0.05) is 28.9 Å². The Bertz CT molecular complexity index is 401. The number of ketones is 1. The van der Waals surface area contributed by atoms with Crippen LogP contribution in [0.4, 0.5) is 0 Å². The summed E-state index contributed by atoms with van der Waals surface area (Å²) in [7, 11) is 1.61. The summed E-state index contributed by atoms with van der Waals surface area (Å²) in [6.07, 6.45) is 0.945. The van der Waals surface area contributed by atoms with Gasteiger partial charge in [-0.3, -0.25) is 4.79 Å². The smallest absolute Gasteiger partial charge is 0.177 e. The van der Waals surface area contributed by atoms with Crippen molar-refractivity contribution in [2.24, 2.45) is 5.92 Å². The Hall–Kier alpha value is -0.830. The average Bonchev–Trinajstić information content (AvgIpc) is 2.26. The molecule has 1 aromatic rings. The molecule has 0 saturated carbocycles. The number of fused-ring (bicyclic) bond motifs is 1. The Kier molecular flexibility index (Phi) is 2.83. The van der Waals surface area contributed by atoms with Gasteiger partial charge in [0.15, 0.2) is 5.78 Å². The lowest BCUT2D eigenvalue weighted by Crippen LogP contribution is -2.30. The van der Waals surface area contributed by atoms with Gasteiger partial charge in [-0.25, -0.2) is 0 Å². The van der Waals surface area contributed by atoms with E-state index in [9.17, 15) is 4.79 Å². The van der Waals surface area contributed by atoms with E-state index in [1.54, 1.807) is 7.11 Å². The maximum Gasteiger partial charge on any atom is 0.177 e. The predicted octanol–water partition coefficient (Wildman–Crippen LogP) is 2.83. The van der Waals surface area contributed by atoms with Crippen molar-refractivity contribution in [3.8, 4) is 5.75 Å². The zero-order valence-electron chi connectivity index (χ0n) is 8.79. The normalized spacial score (nSPS) is 24.9. The Morgan fingerprint density at radius 1 is 1.47 bits per heavy atom. The molecule has 80 valence electrons. The molecule has 0 saturated heterocycles. The molecule has 2 atom stereocenters. The van der Waals surface area contributed by atoms with Gasteiger partial charge in [0, 0.05) is 5.56 Å². The second-order valence-electron chi connectivity index (χ2n) is 3.97. The van der Waals surface area contributed by atoms with Crippen molar-refractivity contribution in [3.05, 3.63) is 29.3 Å². The third-order valence-corrected chi connectivity index (χ3v) is 4.19. The van der Waals surface area contributed by atoms with Crippen molar-refractivity contribution in [1.82, 2.24) is 0 Å². The van der Waals surface area contributed by atoms with Crippen LogP contribution >= 0.6 is 15.9 Å². The summed E-state index contributed by atoms with van der Waals surface area (Å²) in [5.74, 6) is 1.28. The quantitative estimate of drug-likeness (QED) is 0.733. The fourth-order valence-electron chi connectivity index (χ4n) is 1.95. The lowest BCUT2D eigenvalue weighted by atomic mass is 9.84. The van der Waals surface area contributed by atoms with E-state index in [0.29, 0.717) is 5.92 Å². The third kappa shape index (κ3) is 1.81. The summed E-state index contributed by atoms with van der Waals surface area (Å²) in [5.41, 5.74) is 1.93.